The van der Waals surface area contributed by atoms with Crippen LogP contribution in [0.15, 0.2) is 47.8 Å². The van der Waals surface area contributed by atoms with Crippen LogP contribution in [0.4, 0.5) is 0 Å². The number of nitrogens with one attached hydrogen (secondary N) is 1. The van der Waals surface area contributed by atoms with Gasteiger partial charge in [-0.3, -0.25) is 9.78 Å². The minimum atomic E-state index is -0.350. The molecule has 0 saturated carbocycles. The maximum Gasteiger partial charge on any atom is 0.271 e. The first-order chi connectivity index (χ1) is 9.70. The van der Waals surface area contributed by atoms with E-state index in [1.165, 1.54) is 31.8 Å². The number of carbonyl (C=O) groups excluding carboxylic acids is 1. The molecule has 2 rings (SSSR count). The van der Waals surface area contributed by atoms with E-state index >= 15 is 0 Å². The maximum atomic E-state index is 11.7. The van der Waals surface area contributed by atoms with E-state index in [0.717, 1.165) is 0 Å². The van der Waals surface area contributed by atoms with Gasteiger partial charge in [0.15, 0.2) is 0 Å². The minimum absolute atomic E-state index is 0. The van der Waals surface area contributed by atoms with E-state index < -0.39 is 0 Å². The van der Waals surface area contributed by atoms with Gasteiger partial charge in [-0.25, -0.2) is 5.43 Å². The molecule has 0 aliphatic carbocycles. The first-order valence-electron chi connectivity index (χ1n) is 5.81. The second-order valence-electron chi connectivity index (χ2n) is 3.86. The number of carbonyl (C=O) groups is 1. The summed E-state index contributed by atoms with van der Waals surface area (Å²) in [6.45, 7) is 0. The lowest BCUT2D eigenvalue weighted by Gasteiger charge is -2.03. The Morgan fingerprint density at radius 3 is 2.67 bits per heavy atom. The van der Waals surface area contributed by atoms with E-state index in [4.69, 9.17) is 4.74 Å². The van der Waals surface area contributed by atoms with Gasteiger partial charge >= 0.3 is 0 Å². The number of nitrogens with zero attached hydrogens (tertiary/aromatic N) is 2. The fourth-order valence-corrected chi connectivity index (χ4v) is 1.49. The van der Waals surface area contributed by atoms with Gasteiger partial charge in [0.05, 0.1) is 13.3 Å². The molecule has 0 aliphatic heterocycles. The van der Waals surface area contributed by atoms with Gasteiger partial charge in [0.2, 0.25) is 0 Å². The van der Waals surface area contributed by atoms with Crippen molar-refractivity contribution in [2.45, 2.75) is 0 Å². The van der Waals surface area contributed by atoms with Crippen LogP contribution < -0.4 is 10.2 Å². The van der Waals surface area contributed by atoms with E-state index in [1.54, 1.807) is 24.3 Å². The third-order valence-corrected chi connectivity index (χ3v) is 2.55. The van der Waals surface area contributed by atoms with Crippen molar-refractivity contribution in [3.8, 4) is 11.5 Å². The third-order valence-electron chi connectivity index (χ3n) is 2.55. The standard InChI is InChI=1S/C14H13N3O3.H2O/c1-20-12-3-2-11(13(18)8-12)9-16-17-14(19)10-4-6-15-7-5-10;/h2-9,18H,1H3,(H,17,19);1H2/b16-9+;. The second-order valence-corrected chi connectivity index (χ2v) is 3.86. The van der Waals surface area contributed by atoms with Crippen LogP contribution in [0.3, 0.4) is 0 Å². The van der Waals surface area contributed by atoms with Crippen LogP contribution in [0.1, 0.15) is 15.9 Å². The van der Waals surface area contributed by atoms with Crippen LogP contribution in [0.5, 0.6) is 11.5 Å². The quantitative estimate of drug-likeness (QED) is 0.637. The molecule has 2 aromatic rings. The predicted octanol–water partition coefficient (Wildman–Crippen LogP) is 0.735. The zero-order chi connectivity index (χ0) is 14.4. The molecule has 7 nitrogen and oxygen atoms in total. The number of methoxy groups -OCH3 is 1. The summed E-state index contributed by atoms with van der Waals surface area (Å²) < 4.78 is 4.97. The molecule has 1 amide bonds. The first-order valence-corrected chi connectivity index (χ1v) is 5.81. The normalized spacial score (nSPS) is 9.95. The van der Waals surface area contributed by atoms with Crippen LogP contribution in [0.25, 0.3) is 0 Å². The third kappa shape index (κ3) is 4.29. The van der Waals surface area contributed by atoms with E-state index in [9.17, 15) is 9.90 Å². The molecule has 110 valence electrons. The van der Waals surface area contributed by atoms with Crippen LogP contribution in [0.2, 0.25) is 0 Å². The smallest absolute Gasteiger partial charge is 0.271 e. The summed E-state index contributed by atoms with van der Waals surface area (Å²) in [5.74, 6) is 0.211. The average Bonchev–Trinajstić information content (AvgIpc) is 2.49. The zero-order valence-corrected chi connectivity index (χ0v) is 11.3. The highest BCUT2D eigenvalue weighted by molar-refractivity contribution is 5.94. The fraction of sp³-hybridized carbons (Fsp3) is 0.0714. The van der Waals surface area contributed by atoms with E-state index in [0.29, 0.717) is 16.9 Å². The van der Waals surface area contributed by atoms with E-state index in [2.05, 4.69) is 15.5 Å². The van der Waals surface area contributed by atoms with Gasteiger partial charge in [0.25, 0.3) is 5.91 Å². The molecule has 0 saturated heterocycles. The van der Waals surface area contributed by atoms with Gasteiger partial charge in [-0.15, -0.1) is 0 Å². The molecule has 0 radical (unpaired) electrons. The monoisotopic (exact) mass is 289 g/mol. The topological polar surface area (TPSA) is 115 Å². The van der Waals surface area contributed by atoms with Crippen LogP contribution in [-0.2, 0) is 0 Å². The van der Waals surface area contributed by atoms with Crippen molar-refractivity contribution in [2.75, 3.05) is 7.11 Å². The first kappa shape index (κ1) is 16.1. The SMILES string of the molecule is COc1ccc(/C=N/NC(=O)c2ccncc2)c(O)c1.O. The Labute approximate surface area is 121 Å². The van der Waals surface area contributed by atoms with Crippen molar-refractivity contribution in [3.05, 3.63) is 53.9 Å². The predicted molar refractivity (Wildman–Crippen MR) is 77.6 cm³/mol. The minimum Gasteiger partial charge on any atom is -0.507 e. The lowest BCUT2D eigenvalue weighted by atomic mass is 10.2. The number of ether oxygens (including phenoxy) is 1. The summed E-state index contributed by atoms with van der Waals surface area (Å²) in [6, 6.07) is 7.94. The molecule has 0 aliphatic rings. The summed E-state index contributed by atoms with van der Waals surface area (Å²) >= 11 is 0. The Hall–Kier alpha value is -2.93. The van der Waals surface area contributed by atoms with Crippen LogP contribution in [0, 0.1) is 0 Å². The Kier molecular flexibility index (Phi) is 5.84. The van der Waals surface area contributed by atoms with Crippen LogP contribution in [-0.4, -0.2) is 34.8 Å². The molecule has 0 fully saturated rings. The Morgan fingerprint density at radius 2 is 2.05 bits per heavy atom. The number of rotatable bonds is 4. The van der Waals surface area contributed by atoms with Crippen molar-refractivity contribution >= 4 is 12.1 Å². The summed E-state index contributed by atoms with van der Waals surface area (Å²) in [6.07, 6.45) is 4.40. The van der Waals surface area contributed by atoms with Gasteiger partial charge in [0, 0.05) is 29.6 Å². The number of amides is 1. The van der Waals surface area contributed by atoms with Gasteiger partial charge < -0.3 is 15.3 Å². The molecule has 21 heavy (non-hydrogen) atoms. The highest BCUT2D eigenvalue weighted by atomic mass is 16.5. The summed E-state index contributed by atoms with van der Waals surface area (Å²) in [5.41, 5.74) is 3.29. The van der Waals surface area contributed by atoms with Crippen LogP contribution >= 0.6 is 0 Å². The molecule has 1 aromatic heterocycles. The van der Waals surface area contributed by atoms with E-state index in [-0.39, 0.29) is 17.1 Å². The van der Waals surface area contributed by atoms with Gasteiger partial charge in [0.1, 0.15) is 11.5 Å². The van der Waals surface area contributed by atoms with Gasteiger partial charge in [-0.05, 0) is 24.3 Å². The van der Waals surface area contributed by atoms with Gasteiger partial charge in [-0.2, -0.15) is 5.10 Å². The number of pyridine rings is 1. The van der Waals surface area contributed by atoms with Gasteiger partial charge in [-0.1, -0.05) is 0 Å². The number of phenolic OH excluding ortho intramolecular Hbond substituents is 1. The molecule has 7 heteroatoms. The molecule has 1 aromatic carbocycles. The molecule has 0 bridgehead atoms. The zero-order valence-electron chi connectivity index (χ0n) is 11.3. The number of aromatic hydroxyl groups is 1. The summed E-state index contributed by atoms with van der Waals surface area (Å²) in [7, 11) is 1.51. The molecule has 0 spiro atoms. The van der Waals surface area contributed by atoms with Crippen molar-refractivity contribution in [2.24, 2.45) is 5.10 Å². The average molecular weight is 289 g/mol. The molecular weight excluding hydrogens is 274 g/mol. The van der Waals surface area contributed by atoms with Crippen molar-refractivity contribution in [3.63, 3.8) is 0 Å². The number of aromatic nitrogens is 1. The Balaban J connectivity index is 0.00000220. The largest absolute Gasteiger partial charge is 0.507 e. The van der Waals surface area contributed by atoms with Crippen molar-refractivity contribution in [1.82, 2.24) is 10.4 Å². The lowest BCUT2D eigenvalue weighted by molar-refractivity contribution is 0.0955. The molecule has 0 atom stereocenters. The summed E-state index contributed by atoms with van der Waals surface area (Å²) in [4.78, 5) is 15.5. The van der Waals surface area contributed by atoms with Crippen molar-refractivity contribution in [1.29, 1.82) is 0 Å². The maximum absolute atomic E-state index is 11.7. The Morgan fingerprint density at radius 1 is 1.33 bits per heavy atom. The van der Waals surface area contributed by atoms with Crippen molar-refractivity contribution < 1.29 is 20.1 Å². The van der Waals surface area contributed by atoms with E-state index in [1.807, 2.05) is 0 Å². The molecule has 0 unspecified atom stereocenters. The number of hydrazone groups is 1. The highest BCUT2D eigenvalue weighted by Crippen LogP contribution is 2.21. The summed E-state index contributed by atoms with van der Waals surface area (Å²) in [5, 5.41) is 13.5. The lowest BCUT2D eigenvalue weighted by Crippen LogP contribution is -2.17. The molecule has 4 N–H and O–H groups in total. The number of phenols is 1. The number of hydrogen-bond donors (Lipinski definition) is 2. The Bertz CT molecular complexity index is 629. The number of hydrogen-bond acceptors (Lipinski definition) is 5. The highest BCUT2D eigenvalue weighted by Gasteiger charge is 2.03. The second kappa shape index (κ2) is 7.61. The fourth-order valence-electron chi connectivity index (χ4n) is 1.49. The number of benzene rings is 1. The molecule has 1 heterocycles. The molecular formula is C14H15N3O4.